The Morgan fingerprint density at radius 2 is 2.15 bits per heavy atom. The Kier molecular flexibility index (Phi) is 4.00. The third kappa shape index (κ3) is 2.78. The van der Waals surface area contributed by atoms with Crippen molar-refractivity contribution >= 4 is 12.0 Å². The molecule has 2 N–H and O–H groups in total. The van der Waals surface area contributed by atoms with Gasteiger partial charge in [-0.05, 0) is 31.6 Å². The molecule has 0 bridgehead atoms. The van der Waals surface area contributed by atoms with Gasteiger partial charge in [0.1, 0.15) is 5.82 Å². The lowest BCUT2D eigenvalue weighted by Crippen LogP contribution is -2.14. The van der Waals surface area contributed by atoms with Crippen LogP contribution in [0.4, 0.5) is 0 Å². The summed E-state index contributed by atoms with van der Waals surface area (Å²) in [5.41, 5.74) is 5.53. The number of carbonyl (C=O) groups excluding carboxylic acids is 1. The van der Waals surface area contributed by atoms with E-state index < -0.39 is 5.91 Å². The fourth-order valence-electron chi connectivity index (χ4n) is 1.97. The molecule has 2 aromatic rings. The molecule has 104 valence electrons. The van der Waals surface area contributed by atoms with Gasteiger partial charge in [0.25, 0.3) is 5.91 Å². The van der Waals surface area contributed by atoms with E-state index in [1.807, 2.05) is 49.7 Å². The number of benzene rings is 1. The summed E-state index contributed by atoms with van der Waals surface area (Å²) in [5, 5.41) is 8.45. The van der Waals surface area contributed by atoms with Crippen LogP contribution in [0, 0.1) is 13.8 Å². The first-order valence-corrected chi connectivity index (χ1v) is 6.25. The second-order valence-electron chi connectivity index (χ2n) is 4.60. The van der Waals surface area contributed by atoms with E-state index in [1.165, 1.54) is 6.08 Å². The maximum Gasteiger partial charge on any atom is 0.267 e. The van der Waals surface area contributed by atoms with E-state index in [9.17, 15) is 4.79 Å². The maximum atomic E-state index is 11.0. The second kappa shape index (κ2) is 5.71. The third-order valence-corrected chi connectivity index (χ3v) is 3.30. The van der Waals surface area contributed by atoms with Crippen molar-refractivity contribution in [2.75, 3.05) is 0 Å². The van der Waals surface area contributed by atoms with E-state index in [0.717, 1.165) is 28.3 Å². The Morgan fingerprint density at radius 1 is 1.40 bits per heavy atom. The van der Waals surface area contributed by atoms with Crippen molar-refractivity contribution in [2.45, 2.75) is 13.8 Å². The summed E-state index contributed by atoms with van der Waals surface area (Å²) < 4.78 is 2.04. The van der Waals surface area contributed by atoms with Crippen LogP contribution in [-0.2, 0) is 11.8 Å². The Morgan fingerprint density at radius 3 is 2.75 bits per heavy atom. The molecule has 0 fully saturated rings. The molecule has 0 aliphatic heterocycles. The molecule has 1 heterocycles. The molecule has 5 nitrogen and oxygen atoms in total. The van der Waals surface area contributed by atoms with Crippen LogP contribution in [0.15, 0.2) is 30.3 Å². The Balaban J connectivity index is 2.37. The van der Waals surface area contributed by atoms with Gasteiger partial charge in [-0.15, -0.1) is 0 Å². The van der Waals surface area contributed by atoms with Crippen LogP contribution in [0.3, 0.4) is 0 Å². The monoisotopic (exact) mass is 271 g/mol. The van der Waals surface area contributed by atoms with Gasteiger partial charge in [0.2, 0.25) is 0 Å². The van der Waals surface area contributed by atoms with Crippen molar-refractivity contribution in [2.24, 2.45) is 7.05 Å². The molecule has 0 atom stereocenters. The standard InChI is InChI=1S/C15H17N3O2/c1-10-11(2)18(3)15(16-10)13-6-4-5-12(9-13)7-8-14(19)17-20/h4-9,20H,1-3H3,(H,17,19)/b8-7+. The SMILES string of the molecule is Cc1nc(-c2cccc(/C=C/C(=O)NO)c2)n(C)c1C. The summed E-state index contributed by atoms with van der Waals surface area (Å²) in [4.78, 5) is 15.5. The zero-order chi connectivity index (χ0) is 14.7. The van der Waals surface area contributed by atoms with Crippen LogP contribution < -0.4 is 5.48 Å². The summed E-state index contributed by atoms with van der Waals surface area (Å²) in [6.07, 6.45) is 2.91. The third-order valence-electron chi connectivity index (χ3n) is 3.30. The lowest BCUT2D eigenvalue weighted by atomic mass is 10.1. The van der Waals surface area contributed by atoms with Gasteiger partial charge in [0.15, 0.2) is 0 Å². The quantitative estimate of drug-likeness (QED) is 0.511. The van der Waals surface area contributed by atoms with E-state index in [0.29, 0.717) is 0 Å². The fraction of sp³-hybridized carbons (Fsp3) is 0.200. The molecule has 0 saturated carbocycles. The molecule has 1 aromatic carbocycles. The highest BCUT2D eigenvalue weighted by Crippen LogP contribution is 2.22. The average molecular weight is 271 g/mol. The smallest absolute Gasteiger partial charge is 0.267 e. The number of hydrogen-bond donors (Lipinski definition) is 2. The van der Waals surface area contributed by atoms with E-state index in [1.54, 1.807) is 11.6 Å². The Labute approximate surface area is 117 Å². The molecular weight excluding hydrogens is 254 g/mol. The predicted octanol–water partition coefficient (Wildman–Crippen LogP) is 2.22. The zero-order valence-corrected chi connectivity index (χ0v) is 11.7. The molecule has 0 saturated heterocycles. The lowest BCUT2D eigenvalue weighted by molar-refractivity contribution is -0.124. The van der Waals surface area contributed by atoms with Gasteiger partial charge in [-0.25, -0.2) is 10.5 Å². The van der Waals surface area contributed by atoms with Crippen molar-refractivity contribution < 1.29 is 10.0 Å². The normalized spacial score (nSPS) is 11.0. The summed E-state index contributed by atoms with van der Waals surface area (Å²) in [6.45, 7) is 4.01. The number of nitrogens with zero attached hydrogens (tertiary/aromatic N) is 2. The van der Waals surface area contributed by atoms with Gasteiger partial charge in [-0.1, -0.05) is 18.2 Å². The van der Waals surface area contributed by atoms with Gasteiger partial charge in [0.05, 0.1) is 5.69 Å². The Bertz CT molecular complexity index is 672. The minimum absolute atomic E-state index is 0.556. The molecule has 2 rings (SSSR count). The Hall–Kier alpha value is -2.40. The van der Waals surface area contributed by atoms with Crippen LogP contribution >= 0.6 is 0 Å². The highest BCUT2D eigenvalue weighted by molar-refractivity contribution is 5.91. The van der Waals surface area contributed by atoms with E-state index in [4.69, 9.17) is 5.21 Å². The number of hydroxylamine groups is 1. The van der Waals surface area contributed by atoms with Gasteiger partial charge < -0.3 is 4.57 Å². The highest BCUT2D eigenvalue weighted by atomic mass is 16.5. The number of carbonyl (C=O) groups is 1. The lowest BCUT2D eigenvalue weighted by Gasteiger charge is -2.04. The number of nitrogens with one attached hydrogen (secondary N) is 1. The van der Waals surface area contributed by atoms with Gasteiger partial charge in [-0.3, -0.25) is 10.0 Å². The van der Waals surface area contributed by atoms with E-state index in [2.05, 4.69) is 4.98 Å². The van der Waals surface area contributed by atoms with Crippen molar-refractivity contribution in [3.8, 4) is 11.4 Å². The van der Waals surface area contributed by atoms with Crippen molar-refractivity contribution in [3.05, 3.63) is 47.3 Å². The molecular formula is C15H17N3O2. The number of aromatic nitrogens is 2. The number of hydrogen-bond acceptors (Lipinski definition) is 3. The van der Waals surface area contributed by atoms with Crippen molar-refractivity contribution in [1.29, 1.82) is 0 Å². The minimum atomic E-state index is -0.556. The highest BCUT2D eigenvalue weighted by Gasteiger charge is 2.09. The minimum Gasteiger partial charge on any atom is -0.331 e. The van der Waals surface area contributed by atoms with E-state index >= 15 is 0 Å². The second-order valence-corrected chi connectivity index (χ2v) is 4.60. The molecule has 0 aliphatic carbocycles. The molecule has 0 radical (unpaired) electrons. The number of aryl methyl sites for hydroxylation is 1. The molecule has 1 aromatic heterocycles. The maximum absolute atomic E-state index is 11.0. The van der Waals surface area contributed by atoms with Crippen LogP contribution in [0.1, 0.15) is 17.0 Å². The van der Waals surface area contributed by atoms with Crippen LogP contribution in [0.2, 0.25) is 0 Å². The largest absolute Gasteiger partial charge is 0.331 e. The van der Waals surface area contributed by atoms with Crippen molar-refractivity contribution in [3.63, 3.8) is 0 Å². The molecule has 0 spiro atoms. The molecule has 1 amide bonds. The summed E-state index contributed by atoms with van der Waals surface area (Å²) in [7, 11) is 1.98. The van der Waals surface area contributed by atoms with Crippen molar-refractivity contribution in [1.82, 2.24) is 15.0 Å². The number of imidazole rings is 1. The molecule has 0 aliphatic rings. The molecule has 5 heteroatoms. The number of amides is 1. The summed E-state index contributed by atoms with van der Waals surface area (Å²) in [5.74, 6) is 0.334. The first kappa shape index (κ1) is 14.0. The van der Waals surface area contributed by atoms with Crippen LogP contribution in [0.5, 0.6) is 0 Å². The van der Waals surface area contributed by atoms with Crippen LogP contribution in [-0.4, -0.2) is 20.7 Å². The average Bonchev–Trinajstić information content (AvgIpc) is 2.72. The number of rotatable bonds is 3. The first-order valence-electron chi connectivity index (χ1n) is 6.25. The zero-order valence-electron chi connectivity index (χ0n) is 11.7. The molecule has 0 unspecified atom stereocenters. The summed E-state index contributed by atoms with van der Waals surface area (Å²) in [6, 6.07) is 7.71. The van der Waals surface area contributed by atoms with Crippen LogP contribution in [0.25, 0.3) is 17.5 Å². The predicted molar refractivity (Wildman–Crippen MR) is 77.1 cm³/mol. The van der Waals surface area contributed by atoms with Gasteiger partial charge in [0, 0.05) is 24.4 Å². The topological polar surface area (TPSA) is 67.2 Å². The summed E-state index contributed by atoms with van der Waals surface area (Å²) >= 11 is 0. The first-order chi connectivity index (χ1) is 9.52. The van der Waals surface area contributed by atoms with E-state index in [-0.39, 0.29) is 0 Å². The van der Waals surface area contributed by atoms with Gasteiger partial charge >= 0.3 is 0 Å². The molecule has 20 heavy (non-hydrogen) atoms. The van der Waals surface area contributed by atoms with Gasteiger partial charge in [-0.2, -0.15) is 0 Å². The fourth-order valence-corrected chi connectivity index (χ4v) is 1.97.